The minimum atomic E-state index is 0.755. The van der Waals surface area contributed by atoms with E-state index in [1.54, 1.807) is 23.1 Å². The third kappa shape index (κ3) is 2.96. The van der Waals surface area contributed by atoms with Crippen LogP contribution >= 0.6 is 23.1 Å². The number of aryl methyl sites for hydroxylation is 1. The number of rotatable bonds is 4. The highest BCUT2D eigenvalue weighted by Crippen LogP contribution is 2.15. The quantitative estimate of drug-likeness (QED) is 0.847. The summed E-state index contributed by atoms with van der Waals surface area (Å²) in [6.07, 6.45) is 3.87. The van der Waals surface area contributed by atoms with Gasteiger partial charge >= 0.3 is 0 Å². The van der Waals surface area contributed by atoms with Crippen LogP contribution in [0.4, 0.5) is 5.69 Å². The maximum atomic E-state index is 4.39. The Morgan fingerprint density at radius 1 is 1.44 bits per heavy atom. The molecule has 2 aromatic heterocycles. The first kappa shape index (κ1) is 11.4. The van der Waals surface area contributed by atoms with Crippen molar-refractivity contribution in [2.24, 2.45) is 0 Å². The van der Waals surface area contributed by atoms with E-state index in [-0.39, 0.29) is 0 Å². The van der Waals surface area contributed by atoms with Crippen LogP contribution in [0.2, 0.25) is 0 Å². The summed E-state index contributed by atoms with van der Waals surface area (Å²) in [7, 11) is 0. The Balaban J connectivity index is 1.94. The predicted octanol–water partition coefficient (Wildman–Crippen LogP) is 3.18. The van der Waals surface area contributed by atoms with Crippen molar-refractivity contribution >= 4 is 28.8 Å². The summed E-state index contributed by atoms with van der Waals surface area (Å²) in [6, 6.07) is 4.05. The van der Waals surface area contributed by atoms with Crippen LogP contribution in [-0.2, 0) is 6.54 Å². The molecule has 0 spiro atoms. The van der Waals surface area contributed by atoms with E-state index in [1.807, 2.05) is 31.5 Å². The number of hydrogen-bond donors (Lipinski definition) is 1. The molecular weight excluding hydrogens is 238 g/mol. The number of hydrogen-bond acceptors (Lipinski definition) is 5. The summed E-state index contributed by atoms with van der Waals surface area (Å²) < 4.78 is 0. The van der Waals surface area contributed by atoms with Crippen molar-refractivity contribution in [3.05, 3.63) is 34.4 Å². The number of nitrogens with one attached hydrogen (secondary N) is 1. The number of thiazole rings is 1. The SMILES string of the molecule is CSc1ccc(NCc2csc(C)n2)cn1. The van der Waals surface area contributed by atoms with Crippen LogP contribution in [-0.4, -0.2) is 16.2 Å². The molecule has 5 heteroatoms. The molecule has 0 amide bonds. The molecule has 0 aliphatic heterocycles. The Labute approximate surface area is 103 Å². The van der Waals surface area contributed by atoms with E-state index in [2.05, 4.69) is 20.7 Å². The Kier molecular flexibility index (Phi) is 3.79. The Hall–Kier alpha value is -1.07. The predicted molar refractivity (Wildman–Crippen MR) is 70.2 cm³/mol. The topological polar surface area (TPSA) is 37.8 Å². The lowest BCUT2D eigenvalue weighted by Gasteiger charge is -2.04. The fourth-order valence-electron chi connectivity index (χ4n) is 1.29. The van der Waals surface area contributed by atoms with Crippen molar-refractivity contribution in [2.75, 3.05) is 11.6 Å². The lowest BCUT2D eigenvalue weighted by Crippen LogP contribution is -2.00. The lowest BCUT2D eigenvalue weighted by atomic mass is 10.4. The molecule has 0 bridgehead atoms. The summed E-state index contributed by atoms with van der Waals surface area (Å²) >= 11 is 3.32. The third-order valence-corrected chi connectivity index (χ3v) is 3.57. The minimum absolute atomic E-state index is 0.755. The van der Waals surface area contributed by atoms with Gasteiger partial charge < -0.3 is 5.32 Å². The third-order valence-electron chi connectivity index (χ3n) is 2.09. The number of anilines is 1. The average Bonchev–Trinajstić information content (AvgIpc) is 2.73. The van der Waals surface area contributed by atoms with E-state index < -0.39 is 0 Å². The number of thioether (sulfide) groups is 1. The van der Waals surface area contributed by atoms with Crippen molar-refractivity contribution in [3.63, 3.8) is 0 Å². The molecule has 0 atom stereocenters. The van der Waals surface area contributed by atoms with Gasteiger partial charge in [0.15, 0.2) is 0 Å². The van der Waals surface area contributed by atoms with Gasteiger partial charge in [-0.05, 0) is 25.3 Å². The molecule has 16 heavy (non-hydrogen) atoms. The van der Waals surface area contributed by atoms with Gasteiger partial charge in [0.05, 0.1) is 34.2 Å². The highest BCUT2D eigenvalue weighted by molar-refractivity contribution is 7.98. The standard InChI is InChI=1S/C11H13N3S2/c1-8-14-10(7-16-8)6-12-9-3-4-11(15-2)13-5-9/h3-5,7,12H,6H2,1-2H3. The number of pyridine rings is 1. The van der Waals surface area contributed by atoms with Gasteiger partial charge in [0.25, 0.3) is 0 Å². The molecule has 0 aliphatic carbocycles. The van der Waals surface area contributed by atoms with Gasteiger partial charge in [-0.25, -0.2) is 9.97 Å². The van der Waals surface area contributed by atoms with E-state index >= 15 is 0 Å². The Bertz CT molecular complexity index is 451. The van der Waals surface area contributed by atoms with Crippen molar-refractivity contribution in [1.29, 1.82) is 0 Å². The second-order valence-electron chi connectivity index (χ2n) is 3.30. The van der Waals surface area contributed by atoms with Gasteiger partial charge in [0.1, 0.15) is 0 Å². The van der Waals surface area contributed by atoms with Gasteiger partial charge in [-0.15, -0.1) is 23.1 Å². The molecule has 84 valence electrons. The van der Waals surface area contributed by atoms with Crippen LogP contribution < -0.4 is 5.32 Å². The summed E-state index contributed by atoms with van der Waals surface area (Å²) in [5.74, 6) is 0. The second-order valence-corrected chi connectivity index (χ2v) is 5.19. The van der Waals surface area contributed by atoms with E-state index in [4.69, 9.17) is 0 Å². The molecule has 2 heterocycles. The van der Waals surface area contributed by atoms with Crippen molar-refractivity contribution in [2.45, 2.75) is 18.5 Å². The zero-order chi connectivity index (χ0) is 11.4. The summed E-state index contributed by atoms with van der Waals surface area (Å²) in [4.78, 5) is 8.69. The molecule has 0 saturated heterocycles. The summed E-state index contributed by atoms with van der Waals surface area (Å²) in [6.45, 7) is 2.77. The smallest absolute Gasteiger partial charge is 0.0958 e. The summed E-state index contributed by atoms with van der Waals surface area (Å²) in [5.41, 5.74) is 2.11. The lowest BCUT2D eigenvalue weighted by molar-refractivity contribution is 1.04. The molecule has 2 rings (SSSR count). The highest BCUT2D eigenvalue weighted by atomic mass is 32.2. The zero-order valence-corrected chi connectivity index (χ0v) is 10.9. The van der Waals surface area contributed by atoms with Gasteiger partial charge in [0.2, 0.25) is 0 Å². The van der Waals surface area contributed by atoms with E-state index in [0.717, 1.165) is 28.0 Å². The number of nitrogens with zero attached hydrogens (tertiary/aromatic N) is 2. The second kappa shape index (κ2) is 5.32. The molecule has 0 fully saturated rings. The first-order valence-electron chi connectivity index (χ1n) is 4.93. The van der Waals surface area contributed by atoms with E-state index in [1.165, 1.54) is 0 Å². The fourth-order valence-corrected chi connectivity index (χ4v) is 2.26. The molecule has 1 N–H and O–H groups in total. The van der Waals surface area contributed by atoms with Gasteiger partial charge in [-0.3, -0.25) is 0 Å². The van der Waals surface area contributed by atoms with Crippen LogP contribution in [0.5, 0.6) is 0 Å². The van der Waals surface area contributed by atoms with Gasteiger partial charge in [0, 0.05) is 5.38 Å². The molecule has 3 nitrogen and oxygen atoms in total. The molecule has 0 aliphatic rings. The van der Waals surface area contributed by atoms with Crippen LogP contribution in [0.25, 0.3) is 0 Å². The molecule has 0 aromatic carbocycles. The van der Waals surface area contributed by atoms with Gasteiger partial charge in [-0.1, -0.05) is 0 Å². The first-order valence-corrected chi connectivity index (χ1v) is 7.03. The Morgan fingerprint density at radius 3 is 2.88 bits per heavy atom. The molecule has 0 unspecified atom stereocenters. The highest BCUT2D eigenvalue weighted by Gasteiger charge is 1.98. The van der Waals surface area contributed by atoms with Crippen LogP contribution in [0.1, 0.15) is 10.7 Å². The minimum Gasteiger partial charge on any atom is -0.378 e. The molecule has 2 aromatic rings. The average molecular weight is 251 g/mol. The maximum absolute atomic E-state index is 4.39. The molecule has 0 saturated carbocycles. The fraction of sp³-hybridized carbons (Fsp3) is 0.273. The normalized spacial score (nSPS) is 10.4. The molecular formula is C11H13N3S2. The summed E-state index contributed by atoms with van der Waals surface area (Å²) in [5, 5.41) is 7.51. The Morgan fingerprint density at radius 2 is 2.31 bits per heavy atom. The van der Waals surface area contributed by atoms with Crippen LogP contribution in [0, 0.1) is 6.92 Å². The zero-order valence-electron chi connectivity index (χ0n) is 9.23. The van der Waals surface area contributed by atoms with Crippen LogP contribution in [0.15, 0.2) is 28.7 Å². The van der Waals surface area contributed by atoms with E-state index in [0.29, 0.717) is 0 Å². The van der Waals surface area contributed by atoms with Crippen molar-refractivity contribution in [3.8, 4) is 0 Å². The maximum Gasteiger partial charge on any atom is 0.0958 e. The molecule has 0 radical (unpaired) electrons. The van der Waals surface area contributed by atoms with Crippen molar-refractivity contribution in [1.82, 2.24) is 9.97 Å². The largest absolute Gasteiger partial charge is 0.378 e. The van der Waals surface area contributed by atoms with Crippen LogP contribution in [0.3, 0.4) is 0 Å². The first-order chi connectivity index (χ1) is 7.78. The van der Waals surface area contributed by atoms with Gasteiger partial charge in [-0.2, -0.15) is 0 Å². The number of aromatic nitrogens is 2. The van der Waals surface area contributed by atoms with E-state index in [9.17, 15) is 0 Å². The monoisotopic (exact) mass is 251 g/mol. The van der Waals surface area contributed by atoms with Crippen molar-refractivity contribution < 1.29 is 0 Å².